The van der Waals surface area contributed by atoms with Gasteiger partial charge in [-0.2, -0.15) is 11.1 Å². The first kappa shape index (κ1) is 7.61. The van der Waals surface area contributed by atoms with Crippen molar-refractivity contribution >= 4 is 18.5 Å². The van der Waals surface area contributed by atoms with Crippen molar-refractivity contribution in [2.24, 2.45) is 0 Å². The Morgan fingerprint density at radius 1 is 1.22 bits per heavy atom. The minimum absolute atomic E-state index is 0.437. The van der Waals surface area contributed by atoms with Crippen LogP contribution >= 0.6 is 11.1 Å². The van der Waals surface area contributed by atoms with Crippen LogP contribution in [-0.4, -0.2) is 7.38 Å². The molecule has 0 N–H and O–H groups in total. The monoisotopic (exact) mass is 162 g/mol. The van der Waals surface area contributed by atoms with E-state index in [0.717, 1.165) is 0 Å². The summed E-state index contributed by atoms with van der Waals surface area (Å²) < 4.78 is 0. The van der Waals surface area contributed by atoms with Crippen molar-refractivity contribution in [3.05, 3.63) is 0 Å². The summed E-state index contributed by atoms with van der Waals surface area (Å²) in [5.41, 5.74) is 0. The molecule has 9 heavy (non-hydrogen) atoms. The number of halogens is 1. The third-order valence-corrected chi connectivity index (χ3v) is 10.3. The van der Waals surface area contributed by atoms with E-state index in [4.69, 9.17) is 11.1 Å². The van der Waals surface area contributed by atoms with Crippen molar-refractivity contribution in [1.29, 1.82) is 0 Å². The zero-order valence-electron chi connectivity index (χ0n) is 6.50. The van der Waals surface area contributed by atoms with Gasteiger partial charge in [0, 0.05) is 0 Å². The van der Waals surface area contributed by atoms with Crippen LogP contribution in [0.3, 0.4) is 0 Å². The molecule has 0 nitrogen and oxygen atoms in total. The lowest BCUT2D eigenvalue weighted by Gasteiger charge is -2.44. The zero-order chi connectivity index (χ0) is 7.12. The van der Waals surface area contributed by atoms with Crippen molar-refractivity contribution in [1.82, 2.24) is 0 Å². The summed E-state index contributed by atoms with van der Waals surface area (Å²) in [4.78, 5) is 0. The Labute approximate surface area is 63.3 Å². The van der Waals surface area contributed by atoms with Gasteiger partial charge in [-0.05, 0) is 17.1 Å². The van der Waals surface area contributed by atoms with Gasteiger partial charge < -0.3 is 0 Å². The van der Waals surface area contributed by atoms with E-state index in [-0.39, 0.29) is 0 Å². The molecular weight excluding hydrogens is 148 g/mol. The molecule has 1 saturated heterocycles. The van der Waals surface area contributed by atoms with Gasteiger partial charge in [-0.3, -0.25) is 0 Å². The Morgan fingerprint density at radius 2 is 1.67 bits per heavy atom. The van der Waals surface area contributed by atoms with Crippen LogP contribution in [0.5, 0.6) is 0 Å². The molecule has 0 spiro atoms. The van der Waals surface area contributed by atoms with Gasteiger partial charge in [0.2, 0.25) is 0 Å². The molecule has 0 aromatic rings. The summed E-state index contributed by atoms with van der Waals surface area (Å²) in [6.07, 6.45) is 1.38. The maximum Gasteiger partial charge on any atom is 0.161 e. The van der Waals surface area contributed by atoms with E-state index in [2.05, 4.69) is 20.8 Å². The maximum atomic E-state index is 6.42. The van der Waals surface area contributed by atoms with E-state index in [1.54, 1.807) is 0 Å². The third-order valence-electron chi connectivity index (χ3n) is 2.49. The SMILES string of the molecule is CC(C)(C)[Si]1(Cl)CCC1. The molecule has 0 aliphatic carbocycles. The van der Waals surface area contributed by atoms with Gasteiger partial charge >= 0.3 is 0 Å². The molecule has 0 bridgehead atoms. The summed E-state index contributed by atoms with van der Waals surface area (Å²) in [5, 5.41) is 0.437. The number of hydrogen-bond acceptors (Lipinski definition) is 0. The summed E-state index contributed by atoms with van der Waals surface area (Å²) in [5.74, 6) is 0. The highest BCUT2D eigenvalue weighted by atomic mass is 35.6. The van der Waals surface area contributed by atoms with Crippen LogP contribution in [0.25, 0.3) is 0 Å². The minimum Gasteiger partial charge on any atom is -0.166 e. The topological polar surface area (TPSA) is 0 Å². The molecule has 0 aromatic heterocycles. The van der Waals surface area contributed by atoms with Crippen molar-refractivity contribution < 1.29 is 0 Å². The highest BCUT2D eigenvalue weighted by Crippen LogP contribution is 2.52. The van der Waals surface area contributed by atoms with E-state index >= 15 is 0 Å². The first-order chi connectivity index (χ1) is 3.96. The van der Waals surface area contributed by atoms with Gasteiger partial charge in [0.25, 0.3) is 0 Å². The van der Waals surface area contributed by atoms with E-state index in [9.17, 15) is 0 Å². The summed E-state index contributed by atoms with van der Waals surface area (Å²) in [6, 6.07) is 2.69. The molecule has 2 heteroatoms. The Kier molecular flexibility index (Phi) is 1.69. The van der Waals surface area contributed by atoms with Crippen molar-refractivity contribution in [2.45, 2.75) is 44.3 Å². The maximum absolute atomic E-state index is 6.42. The molecule has 0 unspecified atom stereocenters. The highest BCUT2D eigenvalue weighted by molar-refractivity contribution is 7.23. The zero-order valence-corrected chi connectivity index (χ0v) is 8.26. The summed E-state index contributed by atoms with van der Waals surface area (Å²) in [6.45, 7) is 6.85. The Bertz CT molecular complexity index is 111. The normalized spacial score (nSPS) is 25.3. The molecule has 0 amide bonds. The van der Waals surface area contributed by atoms with Gasteiger partial charge in [-0.25, -0.2) is 0 Å². The van der Waals surface area contributed by atoms with Gasteiger partial charge in [-0.15, -0.1) is 0 Å². The third kappa shape index (κ3) is 1.18. The molecule has 0 aromatic carbocycles. The highest BCUT2D eigenvalue weighted by Gasteiger charge is 2.47. The van der Waals surface area contributed by atoms with Crippen LogP contribution in [0.2, 0.25) is 17.1 Å². The van der Waals surface area contributed by atoms with Gasteiger partial charge in [0.15, 0.2) is 7.38 Å². The predicted molar refractivity (Wildman–Crippen MR) is 45.6 cm³/mol. The second-order valence-electron chi connectivity index (χ2n) is 4.07. The summed E-state index contributed by atoms with van der Waals surface area (Å²) >= 11 is 6.42. The van der Waals surface area contributed by atoms with E-state index < -0.39 is 7.38 Å². The fraction of sp³-hybridized carbons (Fsp3) is 1.00. The van der Waals surface area contributed by atoms with Crippen LogP contribution in [-0.2, 0) is 0 Å². The molecule has 1 aliphatic rings. The molecule has 1 heterocycles. The standard InChI is InChI=1S/C7H15ClSi/c1-7(2,3)9(8)5-4-6-9/h4-6H2,1-3H3. The van der Waals surface area contributed by atoms with Crippen molar-refractivity contribution in [3.8, 4) is 0 Å². The average molecular weight is 163 g/mol. The van der Waals surface area contributed by atoms with Crippen LogP contribution in [0, 0.1) is 0 Å². The first-order valence-corrected chi connectivity index (χ1v) is 7.07. The smallest absolute Gasteiger partial charge is 0.161 e. The van der Waals surface area contributed by atoms with Crippen molar-refractivity contribution in [2.75, 3.05) is 0 Å². The largest absolute Gasteiger partial charge is 0.166 e. The Morgan fingerprint density at radius 3 is 1.67 bits per heavy atom. The van der Waals surface area contributed by atoms with E-state index in [1.165, 1.54) is 18.5 Å². The van der Waals surface area contributed by atoms with Crippen LogP contribution in [0.1, 0.15) is 27.2 Å². The molecular formula is C7H15ClSi. The fourth-order valence-corrected chi connectivity index (χ4v) is 4.51. The van der Waals surface area contributed by atoms with Gasteiger partial charge in [0.05, 0.1) is 0 Å². The molecule has 54 valence electrons. The predicted octanol–water partition coefficient (Wildman–Crippen LogP) is 3.37. The Balaban J connectivity index is 2.59. The first-order valence-electron chi connectivity index (χ1n) is 3.65. The van der Waals surface area contributed by atoms with E-state index in [0.29, 0.717) is 5.04 Å². The van der Waals surface area contributed by atoms with Gasteiger partial charge in [0.1, 0.15) is 0 Å². The number of rotatable bonds is 0. The molecule has 1 aliphatic heterocycles. The van der Waals surface area contributed by atoms with Gasteiger partial charge in [-0.1, -0.05) is 27.2 Å². The second-order valence-corrected chi connectivity index (χ2v) is 10.7. The quantitative estimate of drug-likeness (QED) is 0.379. The Hall–Kier alpha value is 0.507. The molecule has 0 radical (unpaired) electrons. The minimum atomic E-state index is -1.23. The number of hydrogen-bond donors (Lipinski definition) is 0. The average Bonchev–Trinajstić information content (AvgIpc) is 1.57. The van der Waals surface area contributed by atoms with Crippen molar-refractivity contribution in [3.63, 3.8) is 0 Å². The van der Waals surface area contributed by atoms with E-state index in [1.807, 2.05) is 0 Å². The fourth-order valence-electron chi connectivity index (χ4n) is 1.24. The van der Waals surface area contributed by atoms with Crippen LogP contribution in [0.4, 0.5) is 0 Å². The lowest BCUT2D eigenvalue weighted by molar-refractivity contribution is 0.680. The molecule has 0 atom stereocenters. The summed E-state index contributed by atoms with van der Waals surface area (Å²) in [7, 11) is -1.23. The second kappa shape index (κ2) is 1.99. The van der Waals surface area contributed by atoms with Crippen LogP contribution in [0.15, 0.2) is 0 Å². The molecule has 0 saturated carbocycles. The lowest BCUT2D eigenvalue weighted by Crippen LogP contribution is -2.44. The lowest BCUT2D eigenvalue weighted by atomic mass is 10.2. The molecule has 1 rings (SSSR count). The molecule has 1 fully saturated rings. The van der Waals surface area contributed by atoms with Crippen LogP contribution < -0.4 is 0 Å².